The highest BCUT2D eigenvalue weighted by molar-refractivity contribution is 6.41. The minimum absolute atomic E-state index is 0.00364. The summed E-state index contributed by atoms with van der Waals surface area (Å²) in [4.78, 5) is 26.3. The quantitative estimate of drug-likeness (QED) is 0.253. The van der Waals surface area contributed by atoms with Crippen LogP contribution in [0.1, 0.15) is 129 Å². The zero-order chi connectivity index (χ0) is 26.3. The van der Waals surface area contributed by atoms with Gasteiger partial charge in [0.25, 0.3) is 0 Å². The average Bonchev–Trinajstić information content (AvgIpc) is 2.88. The second-order valence-electron chi connectivity index (χ2n) is 12.4. The topological polar surface area (TPSA) is 70.7 Å². The largest absolute Gasteiger partial charge is 0.366 e. The van der Waals surface area contributed by atoms with Crippen molar-refractivity contribution >= 4 is 19.2 Å². The Morgan fingerprint density at radius 2 is 1.70 bits per heavy atom. The van der Waals surface area contributed by atoms with E-state index in [1.54, 1.807) is 0 Å². The van der Waals surface area contributed by atoms with Gasteiger partial charge in [0.1, 0.15) is 13.9 Å². The summed E-state index contributed by atoms with van der Waals surface area (Å²) in [5.74, 6) is 0.566. The number of fused-ring (bicyclic) bond motifs is 1. The molecule has 0 bridgehead atoms. The Kier molecular flexibility index (Phi) is 13.7. The highest BCUT2D eigenvalue weighted by Gasteiger charge is 2.36. The van der Waals surface area contributed by atoms with Gasteiger partial charge < -0.3 is 20.3 Å². The molecule has 7 heteroatoms. The Hall–Kier alpha value is -1.24. The molecule has 0 spiro atoms. The molecule has 2 aliphatic heterocycles. The van der Waals surface area contributed by atoms with E-state index in [1.807, 2.05) is 4.90 Å². The van der Waals surface area contributed by atoms with Gasteiger partial charge in [-0.2, -0.15) is 0 Å². The van der Waals surface area contributed by atoms with E-state index in [0.29, 0.717) is 24.2 Å². The first-order valence-corrected chi connectivity index (χ1v) is 15.8. The molecule has 2 N–H and O–H groups in total. The fraction of sp³-hybridized carbons (Fsp3) is 0.933. The summed E-state index contributed by atoms with van der Waals surface area (Å²) in [5, 5.41) is 6.50. The van der Waals surface area contributed by atoms with Crippen LogP contribution in [0.5, 0.6) is 0 Å². The van der Waals surface area contributed by atoms with E-state index >= 15 is 0 Å². The Morgan fingerprint density at radius 1 is 1.05 bits per heavy atom. The standard InChI is InChI=1S/C30H55BN3O3/c1-3-4-12-16-25(31-30(2)19-13-10-8-6-5-7-9-11-14-20-30)17-15-21-32-29(36)34-22-18-27-26(23-34)33-28(35)24-37-27/h25-27H,3-24H2,1-2H3,(H,32,36)(H,33,35)/t25?,26-,27-/m0/s1. The Labute approximate surface area is 228 Å². The van der Waals surface area contributed by atoms with Crippen molar-refractivity contribution in [2.45, 2.75) is 153 Å². The smallest absolute Gasteiger partial charge is 0.317 e. The molecule has 0 aromatic carbocycles. The molecule has 3 aliphatic rings. The lowest BCUT2D eigenvalue weighted by atomic mass is 9.42. The number of ether oxygens (including phenoxy) is 1. The maximum atomic E-state index is 12.8. The van der Waals surface area contributed by atoms with Crippen molar-refractivity contribution < 1.29 is 14.3 Å². The molecule has 37 heavy (non-hydrogen) atoms. The van der Waals surface area contributed by atoms with E-state index < -0.39 is 0 Å². The van der Waals surface area contributed by atoms with E-state index in [-0.39, 0.29) is 30.7 Å². The average molecular weight is 517 g/mol. The van der Waals surface area contributed by atoms with Crippen LogP contribution in [0.4, 0.5) is 4.79 Å². The number of amides is 3. The van der Waals surface area contributed by atoms with Crippen molar-refractivity contribution in [3.8, 4) is 0 Å². The number of hydrogen-bond acceptors (Lipinski definition) is 3. The van der Waals surface area contributed by atoms with Crippen molar-refractivity contribution in [2.24, 2.45) is 0 Å². The fourth-order valence-electron chi connectivity index (χ4n) is 6.68. The van der Waals surface area contributed by atoms with E-state index in [4.69, 9.17) is 4.74 Å². The van der Waals surface area contributed by atoms with Crippen molar-refractivity contribution in [3.63, 3.8) is 0 Å². The lowest BCUT2D eigenvalue weighted by Crippen LogP contribution is -2.62. The summed E-state index contributed by atoms with van der Waals surface area (Å²) in [6.07, 6.45) is 23.5. The van der Waals surface area contributed by atoms with Gasteiger partial charge in [-0.15, -0.1) is 0 Å². The summed E-state index contributed by atoms with van der Waals surface area (Å²) in [5.41, 5.74) is 0. The molecule has 3 fully saturated rings. The van der Waals surface area contributed by atoms with Crippen LogP contribution < -0.4 is 10.6 Å². The number of rotatable bonds is 10. The predicted molar refractivity (Wildman–Crippen MR) is 153 cm³/mol. The molecule has 6 nitrogen and oxygen atoms in total. The molecule has 1 unspecified atom stereocenters. The molecule has 3 rings (SSSR count). The van der Waals surface area contributed by atoms with Crippen LogP contribution in [0.25, 0.3) is 0 Å². The molecule has 1 saturated carbocycles. The van der Waals surface area contributed by atoms with Gasteiger partial charge in [-0.3, -0.25) is 4.79 Å². The maximum absolute atomic E-state index is 12.8. The van der Waals surface area contributed by atoms with Gasteiger partial charge in [0.05, 0.1) is 12.1 Å². The third kappa shape index (κ3) is 11.2. The SMILES string of the molecule is CCCCCC([B]C1(C)CCCCCCCCCCC1)CCCNC(=O)N1CC[C@@H]2OCC(=O)N[C@H]2C1. The van der Waals surface area contributed by atoms with E-state index in [0.717, 1.165) is 25.8 Å². The zero-order valence-electron chi connectivity index (χ0n) is 24.0. The van der Waals surface area contributed by atoms with Crippen LogP contribution in [0, 0.1) is 0 Å². The second kappa shape index (κ2) is 16.7. The summed E-state index contributed by atoms with van der Waals surface area (Å²) >= 11 is 0. The second-order valence-corrected chi connectivity index (χ2v) is 12.4. The van der Waals surface area contributed by atoms with Crippen LogP contribution >= 0.6 is 0 Å². The number of nitrogens with zero attached hydrogens (tertiary/aromatic N) is 1. The van der Waals surface area contributed by atoms with Crippen molar-refractivity contribution in [3.05, 3.63) is 0 Å². The molecule has 2 heterocycles. The summed E-state index contributed by atoms with van der Waals surface area (Å²) < 4.78 is 5.62. The molecule has 2 saturated heterocycles. The highest BCUT2D eigenvalue weighted by Crippen LogP contribution is 2.42. The lowest BCUT2D eigenvalue weighted by molar-refractivity contribution is -0.139. The number of nitrogens with one attached hydrogen (secondary N) is 2. The van der Waals surface area contributed by atoms with Gasteiger partial charge in [0.2, 0.25) is 5.91 Å². The molecule has 3 amide bonds. The molecular weight excluding hydrogens is 461 g/mol. The maximum Gasteiger partial charge on any atom is 0.317 e. The summed E-state index contributed by atoms with van der Waals surface area (Å²) in [6.45, 7) is 6.91. The highest BCUT2D eigenvalue weighted by atomic mass is 16.5. The number of piperidine rings is 1. The molecular formula is C30H55BN3O3. The van der Waals surface area contributed by atoms with E-state index in [9.17, 15) is 9.59 Å². The third-order valence-corrected chi connectivity index (χ3v) is 8.95. The van der Waals surface area contributed by atoms with Crippen LogP contribution in [0.15, 0.2) is 0 Å². The first-order chi connectivity index (χ1) is 18.0. The molecule has 0 aromatic heterocycles. The van der Waals surface area contributed by atoms with Gasteiger partial charge >= 0.3 is 6.03 Å². The normalized spacial score (nSPS) is 26.1. The molecule has 0 aromatic rings. The molecule has 211 valence electrons. The predicted octanol–water partition coefficient (Wildman–Crippen LogP) is 6.62. The third-order valence-electron chi connectivity index (χ3n) is 8.95. The van der Waals surface area contributed by atoms with Crippen LogP contribution in [0.3, 0.4) is 0 Å². The van der Waals surface area contributed by atoms with Crippen LogP contribution in [-0.4, -0.2) is 62.5 Å². The van der Waals surface area contributed by atoms with Crippen LogP contribution in [0.2, 0.25) is 11.1 Å². The number of carbonyl (C=O) groups excluding carboxylic acids is 2. The van der Waals surface area contributed by atoms with E-state index in [1.165, 1.54) is 96.3 Å². The number of hydrogen-bond donors (Lipinski definition) is 2. The van der Waals surface area contributed by atoms with Gasteiger partial charge in [-0.05, 0) is 12.8 Å². The Morgan fingerprint density at radius 3 is 2.38 bits per heavy atom. The monoisotopic (exact) mass is 516 g/mol. The molecule has 1 aliphatic carbocycles. The van der Waals surface area contributed by atoms with Gasteiger partial charge in [-0.1, -0.05) is 128 Å². The lowest BCUT2D eigenvalue weighted by Gasteiger charge is -2.41. The zero-order valence-corrected chi connectivity index (χ0v) is 24.0. The van der Waals surface area contributed by atoms with Crippen LogP contribution in [-0.2, 0) is 9.53 Å². The van der Waals surface area contributed by atoms with Gasteiger partial charge in [-0.25, -0.2) is 4.79 Å². The summed E-state index contributed by atoms with van der Waals surface area (Å²) in [6, 6.07) is -0.0824. The van der Waals surface area contributed by atoms with Crippen molar-refractivity contribution in [2.75, 3.05) is 26.2 Å². The number of unbranched alkanes of at least 4 members (excludes halogenated alkanes) is 2. The van der Waals surface area contributed by atoms with Crippen molar-refractivity contribution in [1.29, 1.82) is 0 Å². The van der Waals surface area contributed by atoms with Gasteiger partial charge in [0.15, 0.2) is 0 Å². The number of likely N-dealkylation sites (tertiary alicyclic amines) is 1. The number of morpholine rings is 1. The minimum atomic E-state index is -0.0795. The van der Waals surface area contributed by atoms with E-state index in [2.05, 4.69) is 31.8 Å². The summed E-state index contributed by atoms with van der Waals surface area (Å²) in [7, 11) is 2.76. The van der Waals surface area contributed by atoms with Crippen molar-refractivity contribution in [1.82, 2.24) is 15.5 Å². The fourth-order valence-corrected chi connectivity index (χ4v) is 6.68. The Bertz CT molecular complexity index is 664. The number of urea groups is 1. The minimum Gasteiger partial charge on any atom is -0.366 e. The Balaban J connectivity index is 1.44. The molecule has 3 atom stereocenters. The first-order valence-electron chi connectivity index (χ1n) is 15.8. The van der Waals surface area contributed by atoms with Gasteiger partial charge in [0, 0.05) is 19.6 Å². The first kappa shape index (κ1) is 30.3. The number of carbonyl (C=O) groups is 2. The molecule has 1 radical (unpaired) electrons.